The van der Waals surface area contributed by atoms with Crippen molar-refractivity contribution in [2.24, 2.45) is 0 Å². The van der Waals surface area contributed by atoms with Crippen molar-refractivity contribution in [3.05, 3.63) is 76.6 Å². The van der Waals surface area contributed by atoms with Crippen molar-refractivity contribution >= 4 is 35.7 Å². The van der Waals surface area contributed by atoms with E-state index in [0.717, 1.165) is 48.8 Å². The van der Waals surface area contributed by atoms with Crippen LogP contribution in [0.3, 0.4) is 0 Å². The lowest BCUT2D eigenvalue weighted by Gasteiger charge is -2.10. The van der Waals surface area contributed by atoms with E-state index >= 15 is 0 Å². The largest absolute Gasteiger partial charge is 0.416 e. The minimum atomic E-state index is -4.56. The highest BCUT2D eigenvalue weighted by Crippen LogP contribution is 2.35. The average molecular weight is 450 g/mol. The molecule has 1 heterocycles. The van der Waals surface area contributed by atoms with E-state index in [-0.39, 0.29) is 34.5 Å². The molecule has 0 bridgehead atoms. The Balaban J connectivity index is 0.00000300. The standard InChI is InChI=1S/C18H9ClF5N3O.ClH/c19-11-5-4-9(18(22,23)24)6-10(11)14-7-26-15(8-25-14)27-17(28)16-12(20)2-1-3-13(16)21;/h1-8H,(H,26,27,28);1H. The maximum absolute atomic E-state index is 13.6. The molecule has 29 heavy (non-hydrogen) atoms. The van der Waals surface area contributed by atoms with Crippen LogP contribution in [-0.2, 0) is 6.18 Å². The Bertz CT molecular complexity index is 1020. The van der Waals surface area contributed by atoms with Gasteiger partial charge in [0.15, 0.2) is 5.82 Å². The Hall–Kier alpha value is -2.78. The number of carbonyl (C=O) groups excluding carboxylic acids is 1. The second-order valence-electron chi connectivity index (χ2n) is 5.53. The summed E-state index contributed by atoms with van der Waals surface area (Å²) < 4.78 is 65.8. The summed E-state index contributed by atoms with van der Waals surface area (Å²) >= 11 is 5.93. The van der Waals surface area contributed by atoms with Crippen molar-refractivity contribution in [2.45, 2.75) is 6.18 Å². The first kappa shape index (κ1) is 22.5. The molecule has 0 fully saturated rings. The fourth-order valence-electron chi connectivity index (χ4n) is 2.32. The quantitative estimate of drug-likeness (QED) is 0.516. The van der Waals surface area contributed by atoms with Gasteiger partial charge in [0.25, 0.3) is 5.91 Å². The zero-order valence-electron chi connectivity index (χ0n) is 14.1. The Morgan fingerprint density at radius 2 is 1.66 bits per heavy atom. The number of aromatic nitrogens is 2. The second kappa shape index (κ2) is 8.71. The van der Waals surface area contributed by atoms with Crippen LogP contribution in [0.5, 0.6) is 0 Å². The van der Waals surface area contributed by atoms with E-state index in [1.807, 2.05) is 0 Å². The molecule has 0 aliphatic rings. The lowest BCUT2D eigenvalue weighted by molar-refractivity contribution is -0.137. The molecule has 0 radical (unpaired) electrons. The molecule has 0 atom stereocenters. The fourth-order valence-corrected chi connectivity index (χ4v) is 2.54. The Kier molecular flexibility index (Phi) is 6.76. The van der Waals surface area contributed by atoms with Gasteiger partial charge in [-0.05, 0) is 30.3 Å². The highest BCUT2D eigenvalue weighted by molar-refractivity contribution is 6.33. The van der Waals surface area contributed by atoms with Crippen molar-refractivity contribution in [1.82, 2.24) is 9.97 Å². The van der Waals surface area contributed by atoms with Crippen molar-refractivity contribution in [1.29, 1.82) is 0 Å². The van der Waals surface area contributed by atoms with E-state index in [1.54, 1.807) is 0 Å². The van der Waals surface area contributed by atoms with Gasteiger partial charge in [0.2, 0.25) is 0 Å². The predicted molar refractivity (Wildman–Crippen MR) is 99.0 cm³/mol. The molecule has 1 aromatic heterocycles. The van der Waals surface area contributed by atoms with E-state index in [2.05, 4.69) is 15.3 Å². The molecule has 1 N–H and O–H groups in total. The first-order valence-corrected chi connectivity index (χ1v) is 7.99. The molecular formula is C18H10Cl2F5N3O. The van der Waals surface area contributed by atoms with Crippen molar-refractivity contribution in [3.8, 4) is 11.3 Å². The highest BCUT2D eigenvalue weighted by Gasteiger charge is 2.31. The van der Waals surface area contributed by atoms with E-state index < -0.39 is 34.8 Å². The highest BCUT2D eigenvalue weighted by atomic mass is 35.5. The monoisotopic (exact) mass is 449 g/mol. The molecule has 0 saturated heterocycles. The zero-order chi connectivity index (χ0) is 20.5. The normalized spacial score (nSPS) is 11.0. The summed E-state index contributed by atoms with van der Waals surface area (Å²) in [5.41, 5.74) is -1.71. The van der Waals surface area contributed by atoms with Gasteiger partial charge >= 0.3 is 6.18 Å². The molecule has 152 valence electrons. The number of halogens is 7. The van der Waals surface area contributed by atoms with Gasteiger partial charge in [-0.1, -0.05) is 17.7 Å². The number of rotatable bonds is 3. The summed E-state index contributed by atoms with van der Waals surface area (Å²) in [6.07, 6.45) is -2.46. The van der Waals surface area contributed by atoms with E-state index in [1.165, 1.54) is 0 Å². The summed E-state index contributed by atoms with van der Waals surface area (Å²) in [4.78, 5) is 19.8. The van der Waals surface area contributed by atoms with Crippen molar-refractivity contribution in [2.75, 3.05) is 5.32 Å². The van der Waals surface area contributed by atoms with Gasteiger partial charge in [0, 0.05) is 5.56 Å². The first-order valence-electron chi connectivity index (χ1n) is 7.61. The van der Waals surface area contributed by atoms with Crippen LogP contribution < -0.4 is 5.32 Å². The summed E-state index contributed by atoms with van der Waals surface area (Å²) in [6, 6.07) is 5.67. The number of alkyl halides is 3. The molecule has 1 amide bonds. The van der Waals surface area contributed by atoms with Crippen molar-refractivity contribution < 1.29 is 26.7 Å². The lowest BCUT2D eigenvalue weighted by atomic mass is 10.1. The molecule has 0 unspecified atom stereocenters. The molecule has 0 spiro atoms. The van der Waals surface area contributed by atoms with Crippen LogP contribution in [0.4, 0.5) is 27.8 Å². The minimum absolute atomic E-state index is 0. The van der Waals surface area contributed by atoms with Crippen LogP contribution in [0.2, 0.25) is 5.02 Å². The van der Waals surface area contributed by atoms with Gasteiger partial charge in [-0.2, -0.15) is 13.2 Å². The van der Waals surface area contributed by atoms with Crippen LogP contribution >= 0.6 is 24.0 Å². The molecular weight excluding hydrogens is 440 g/mol. The number of hydrogen-bond donors (Lipinski definition) is 1. The van der Waals surface area contributed by atoms with Gasteiger partial charge in [-0.25, -0.2) is 13.8 Å². The fraction of sp³-hybridized carbons (Fsp3) is 0.0556. The third-order valence-electron chi connectivity index (χ3n) is 3.65. The Morgan fingerprint density at radius 3 is 2.21 bits per heavy atom. The smallest absolute Gasteiger partial charge is 0.305 e. The zero-order valence-corrected chi connectivity index (χ0v) is 15.7. The van der Waals surface area contributed by atoms with Crippen LogP contribution in [0.25, 0.3) is 11.3 Å². The van der Waals surface area contributed by atoms with Crippen molar-refractivity contribution in [3.63, 3.8) is 0 Å². The summed E-state index contributed by atoms with van der Waals surface area (Å²) in [7, 11) is 0. The van der Waals surface area contributed by atoms with Crippen LogP contribution in [-0.4, -0.2) is 15.9 Å². The molecule has 11 heteroatoms. The maximum atomic E-state index is 13.6. The number of carbonyl (C=O) groups is 1. The average Bonchev–Trinajstić information content (AvgIpc) is 2.62. The molecule has 0 aliphatic heterocycles. The molecule has 3 aromatic rings. The number of anilines is 1. The summed E-state index contributed by atoms with van der Waals surface area (Å²) in [5, 5.41) is 2.18. The summed E-state index contributed by atoms with van der Waals surface area (Å²) in [5.74, 6) is -3.36. The van der Waals surface area contributed by atoms with Gasteiger partial charge in [-0.15, -0.1) is 12.4 Å². The van der Waals surface area contributed by atoms with Gasteiger partial charge in [0.1, 0.15) is 17.2 Å². The molecule has 2 aromatic carbocycles. The molecule has 0 saturated carbocycles. The van der Waals surface area contributed by atoms with Crippen LogP contribution in [0.15, 0.2) is 48.8 Å². The first-order chi connectivity index (χ1) is 13.2. The van der Waals surface area contributed by atoms with E-state index in [9.17, 15) is 26.7 Å². The maximum Gasteiger partial charge on any atom is 0.416 e. The van der Waals surface area contributed by atoms with Crippen LogP contribution in [0.1, 0.15) is 15.9 Å². The predicted octanol–water partition coefficient (Wildman–Crippen LogP) is 5.77. The van der Waals surface area contributed by atoms with Gasteiger partial charge in [0.05, 0.1) is 28.7 Å². The second-order valence-corrected chi connectivity index (χ2v) is 5.94. The number of hydrogen-bond acceptors (Lipinski definition) is 3. The number of nitrogens with one attached hydrogen (secondary N) is 1. The lowest BCUT2D eigenvalue weighted by Crippen LogP contribution is -2.16. The topological polar surface area (TPSA) is 54.9 Å². The molecule has 0 aliphatic carbocycles. The molecule has 4 nitrogen and oxygen atoms in total. The van der Waals surface area contributed by atoms with E-state index in [4.69, 9.17) is 11.6 Å². The summed E-state index contributed by atoms with van der Waals surface area (Å²) in [6.45, 7) is 0. The van der Waals surface area contributed by atoms with Gasteiger partial charge < -0.3 is 5.32 Å². The molecule has 3 rings (SSSR count). The SMILES string of the molecule is Cl.O=C(Nc1cnc(-c2cc(C(F)(F)F)ccc2Cl)cn1)c1c(F)cccc1F. The van der Waals surface area contributed by atoms with Gasteiger partial charge in [-0.3, -0.25) is 9.78 Å². The minimum Gasteiger partial charge on any atom is -0.305 e. The van der Waals surface area contributed by atoms with Crippen LogP contribution in [0, 0.1) is 11.6 Å². The van der Waals surface area contributed by atoms with E-state index in [0.29, 0.717) is 0 Å². The Labute approximate surface area is 172 Å². The third kappa shape index (κ3) is 4.99. The Morgan fingerprint density at radius 1 is 1.00 bits per heavy atom. The third-order valence-corrected chi connectivity index (χ3v) is 3.98. The number of nitrogens with zero attached hydrogens (tertiary/aromatic N) is 2. The number of amides is 1. The number of benzene rings is 2.